The van der Waals surface area contributed by atoms with Crippen LogP contribution in [0.1, 0.15) is 239 Å². The lowest BCUT2D eigenvalue weighted by Crippen LogP contribution is -2.30. The predicted molar refractivity (Wildman–Crippen MR) is 362 cm³/mol. The number of carbonyl (C=O) groups is 3. The smallest absolute Gasteiger partial charge is 0.463 e. The van der Waals surface area contributed by atoms with Crippen LogP contribution in [0.25, 0.3) is 0 Å². The third-order valence-corrected chi connectivity index (χ3v) is 15.2. The summed E-state index contributed by atoms with van der Waals surface area (Å²) in [5, 5.41) is 20.5. The fourth-order valence-electron chi connectivity index (χ4n) is 8.26. The third-order valence-electron chi connectivity index (χ3n) is 13.3. The van der Waals surface area contributed by atoms with Gasteiger partial charge in [0, 0.05) is 19.3 Å². The average molecular weight is 1290 g/mol. The molecule has 0 radical (unpaired) electrons. The molecule has 5 unspecified atom stereocenters. The van der Waals surface area contributed by atoms with Gasteiger partial charge in [-0.3, -0.25) is 32.5 Å². The van der Waals surface area contributed by atoms with Crippen molar-refractivity contribution in [2.24, 2.45) is 0 Å². The van der Waals surface area contributed by atoms with Gasteiger partial charge in [0.05, 0.1) is 26.4 Å². The first-order valence-electron chi connectivity index (χ1n) is 33.5. The van der Waals surface area contributed by atoms with Gasteiger partial charge in [0.25, 0.3) is 0 Å². The minimum Gasteiger partial charge on any atom is -0.463 e. The number of carbonyl (C=O) groups excluding carboxylic acids is 3. The highest BCUT2D eigenvalue weighted by Gasteiger charge is 2.29. The number of rotatable bonds is 62. The number of phosphoric acid groups is 2. The zero-order chi connectivity index (χ0) is 65.3. The van der Waals surface area contributed by atoms with Gasteiger partial charge in [-0.25, -0.2) is 9.13 Å². The number of hydrogen-bond acceptors (Lipinski definition) is 14. The molecule has 0 bridgehead atoms. The maximum Gasteiger partial charge on any atom is 0.472 e. The van der Waals surface area contributed by atoms with Crippen molar-refractivity contribution >= 4 is 33.6 Å². The van der Waals surface area contributed by atoms with Crippen molar-refractivity contribution in [3.05, 3.63) is 134 Å². The maximum atomic E-state index is 12.9. The van der Waals surface area contributed by atoms with E-state index < -0.39 is 91.5 Å². The Bertz CT molecular complexity index is 2160. The van der Waals surface area contributed by atoms with Crippen LogP contribution in [-0.2, 0) is 55.8 Å². The Kier molecular flexibility index (Phi) is 60.7. The van der Waals surface area contributed by atoms with Crippen LogP contribution in [-0.4, -0.2) is 95.9 Å². The fourth-order valence-corrected chi connectivity index (χ4v) is 9.85. The molecule has 0 aliphatic heterocycles. The van der Waals surface area contributed by atoms with Crippen molar-refractivity contribution in [3.63, 3.8) is 0 Å². The van der Waals surface area contributed by atoms with E-state index in [9.17, 15) is 43.5 Å². The van der Waals surface area contributed by atoms with Crippen molar-refractivity contribution in [2.45, 2.75) is 257 Å². The number of aliphatic hydroxyl groups is 2. The van der Waals surface area contributed by atoms with Gasteiger partial charge in [-0.05, 0) is 135 Å². The van der Waals surface area contributed by atoms with Crippen LogP contribution in [0, 0.1) is 0 Å². The fraction of sp³-hybridized carbons (Fsp3) is 0.648. The summed E-state index contributed by atoms with van der Waals surface area (Å²) >= 11 is 0. The highest BCUT2D eigenvalue weighted by atomic mass is 31.2. The van der Waals surface area contributed by atoms with Crippen LogP contribution in [0.4, 0.5) is 0 Å². The molecule has 508 valence electrons. The molecule has 4 N–H and O–H groups in total. The summed E-state index contributed by atoms with van der Waals surface area (Å²) in [5.74, 6) is -1.65. The number of ether oxygens (including phenoxy) is 3. The second-order valence-corrected chi connectivity index (χ2v) is 24.8. The first-order chi connectivity index (χ1) is 43.2. The molecule has 0 heterocycles. The van der Waals surface area contributed by atoms with E-state index in [1.807, 2.05) is 0 Å². The first kappa shape index (κ1) is 84.7. The van der Waals surface area contributed by atoms with Crippen molar-refractivity contribution < 1.29 is 75.8 Å². The van der Waals surface area contributed by atoms with E-state index in [0.717, 1.165) is 161 Å². The minimum absolute atomic E-state index is 0.0804. The third kappa shape index (κ3) is 65.0. The Morgan fingerprint density at radius 1 is 0.326 bits per heavy atom. The molecule has 0 aromatic heterocycles. The van der Waals surface area contributed by atoms with Gasteiger partial charge in [-0.1, -0.05) is 219 Å². The van der Waals surface area contributed by atoms with Crippen LogP contribution in [0.2, 0.25) is 0 Å². The number of unbranched alkanes of at least 4 members (excludes halogenated alkanes) is 17. The lowest BCUT2D eigenvalue weighted by molar-refractivity contribution is -0.161. The van der Waals surface area contributed by atoms with E-state index in [1.54, 1.807) is 0 Å². The summed E-state index contributed by atoms with van der Waals surface area (Å²) in [6, 6.07) is 0. The second-order valence-electron chi connectivity index (χ2n) is 21.9. The summed E-state index contributed by atoms with van der Waals surface area (Å²) in [7, 11) is -9.80. The summed E-state index contributed by atoms with van der Waals surface area (Å²) < 4.78 is 60.8. The van der Waals surface area contributed by atoms with Gasteiger partial charge in [0.15, 0.2) is 6.10 Å². The molecule has 16 nitrogen and oxygen atoms in total. The Morgan fingerprint density at radius 3 is 0.955 bits per heavy atom. The van der Waals surface area contributed by atoms with E-state index in [4.69, 9.17) is 32.3 Å². The van der Waals surface area contributed by atoms with Crippen LogP contribution in [0.15, 0.2) is 134 Å². The highest BCUT2D eigenvalue weighted by molar-refractivity contribution is 7.47. The number of hydrogen-bond donors (Lipinski definition) is 4. The Hall–Kier alpha value is -4.31. The molecular weight excluding hydrogens is 1170 g/mol. The van der Waals surface area contributed by atoms with Gasteiger partial charge in [-0.15, -0.1) is 0 Å². The summed E-state index contributed by atoms with van der Waals surface area (Å²) in [6.07, 6.45) is 73.6. The molecule has 0 aromatic carbocycles. The molecule has 0 rings (SSSR count). The number of aliphatic hydroxyl groups excluding tert-OH is 2. The van der Waals surface area contributed by atoms with E-state index in [0.29, 0.717) is 19.3 Å². The quantitative estimate of drug-likeness (QED) is 0.0146. The molecule has 0 saturated carbocycles. The molecule has 0 aliphatic carbocycles. The Balaban J connectivity index is 4.75. The molecule has 0 saturated heterocycles. The van der Waals surface area contributed by atoms with E-state index in [-0.39, 0.29) is 19.3 Å². The number of phosphoric ester groups is 2. The molecule has 18 heteroatoms. The van der Waals surface area contributed by atoms with E-state index in [2.05, 4.69) is 154 Å². The normalized spacial score (nSPS) is 15.1. The van der Waals surface area contributed by atoms with E-state index in [1.165, 1.54) is 19.3 Å². The lowest BCUT2D eigenvalue weighted by atomic mass is 10.1. The highest BCUT2D eigenvalue weighted by Crippen LogP contribution is 2.45. The molecule has 89 heavy (non-hydrogen) atoms. The van der Waals surface area contributed by atoms with Gasteiger partial charge in [0.1, 0.15) is 25.4 Å². The molecule has 0 fully saturated rings. The first-order valence-corrected chi connectivity index (χ1v) is 36.5. The molecule has 0 aliphatic rings. The van der Waals surface area contributed by atoms with Gasteiger partial charge in [0.2, 0.25) is 0 Å². The Labute approximate surface area is 537 Å². The topological polar surface area (TPSA) is 231 Å². The largest absolute Gasteiger partial charge is 0.472 e. The minimum atomic E-state index is -4.94. The summed E-state index contributed by atoms with van der Waals surface area (Å²) in [6.45, 7) is 2.32. The SMILES string of the molecule is CC/C=C\C/C=C\C/C=C\C/C=C\C/C=C\CCCCCC(=O)OCC(O)COP(=O)(O)OCC(O)COP(=O)(O)OCC(COC(=O)CCCCCCCC/C=C\C/C=C\C/C=C\C/C=C\CC)OC(=O)CCCCCCC/C=C\C/C=C\CCCCC. The zero-order valence-electron chi connectivity index (χ0n) is 54.8. The van der Waals surface area contributed by atoms with E-state index >= 15 is 0 Å². The monoisotopic (exact) mass is 1290 g/mol. The van der Waals surface area contributed by atoms with Gasteiger partial charge < -0.3 is 34.2 Å². The maximum absolute atomic E-state index is 12.9. The predicted octanol–water partition coefficient (Wildman–Crippen LogP) is 18.4. The van der Waals surface area contributed by atoms with Gasteiger partial charge in [-0.2, -0.15) is 0 Å². The zero-order valence-corrected chi connectivity index (χ0v) is 56.6. The lowest BCUT2D eigenvalue weighted by Gasteiger charge is -2.21. The van der Waals surface area contributed by atoms with Crippen LogP contribution < -0.4 is 0 Å². The molecule has 0 amide bonds. The summed E-state index contributed by atoms with van der Waals surface area (Å²) in [5.41, 5.74) is 0. The molecule has 0 spiro atoms. The second kappa shape index (κ2) is 63.8. The molecule has 5 atom stereocenters. The van der Waals surface area contributed by atoms with Crippen LogP contribution in [0.5, 0.6) is 0 Å². The van der Waals surface area contributed by atoms with Crippen molar-refractivity contribution in [1.29, 1.82) is 0 Å². The summed E-state index contributed by atoms with van der Waals surface area (Å²) in [4.78, 5) is 58.4. The van der Waals surface area contributed by atoms with Crippen LogP contribution >= 0.6 is 15.6 Å². The molecule has 0 aromatic rings. The van der Waals surface area contributed by atoms with Crippen LogP contribution in [0.3, 0.4) is 0 Å². The molecular formula is C71H118O16P2. The Morgan fingerprint density at radius 2 is 0.596 bits per heavy atom. The van der Waals surface area contributed by atoms with Crippen molar-refractivity contribution in [2.75, 3.05) is 39.6 Å². The number of allylic oxidation sites excluding steroid dienone is 22. The number of esters is 3. The van der Waals surface area contributed by atoms with Crippen molar-refractivity contribution in [3.8, 4) is 0 Å². The van der Waals surface area contributed by atoms with Crippen molar-refractivity contribution in [1.82, 2.24) is 0 Å². The van der Waals surface area contributed by atoms with Gasteiger partial charge >= 0.3 is 33.6 Å². The standard InChI is InChI=1S/C71H118O16P2/c1-4-7-10-13-16-19-22-25-28-30-32-34-37-39-42-45-48-51-54-57-69(74)81-60-66(72)61-83-88(77,78)84-62-67(73)63-85-89(79,80)86-65-68(87-71(76)59-56-53-50-47-44-41-36-27-24-21-18-15-12-9-6-3)64-82-70(75)58-55-52-49-46-43-40-38-35-33-31-29-26-23-20-17-14-11-8-5-2/h7-8,10-11,16-21,25-29,32-36,39,42,66-68,72-73H,4-6,9,12-15,22-24,30-31,37-38,40-41,43-65H2,1-3H3,(H,77,78)(H,79,80)/b10-7-,11-8-,19-16-,20-17-,21-18-,28-25-,29-26-,34-32-,35-33-,36-27-,42-39-. The average Bonchev–Trinajstić information content (AvgIpc) is 3.54.